The lowest BCUT2D eigenvalue weighted by atomic mass is 9.94. The second-order valence-electron chi connectivity index (χ2n) is 4.60. The molecule has 1 aliphatic rings. The van der Waals surface area contributed by atoms with E-state index in [9.17, 15) is 13.9 Å². The van der Waals surface area contributed by atoms with Crippen LogP contribution >= 0.6 is 0 Å². The SMILES string of the molecule is CC(C)[C@H](O)[C@H](N)c1cccc2c1OC(F)(F)O2. The van der Waals surface area contributed by atoms with Crippen molar-refractivity contribution in [2.75, 3.05) is 0 Å². The van der Waals surface area contributed by atoms with E-state index in [0.29, 0.717) is 5.56 Å². The van der Waals surface area contributed by atoms with Gasteiger partial charge in [0.2, 0.25) is 0 Å². The van der Waals surface area contributed by atoms with Crippen LogP contribution in [0.4, 0.5) is 8.78 Å². The largest absolute Gasteiger partial charge is 0.586 e. The maximum atomic E-state index is 13.0. The predicted molar refractivity (Wildman–Crippen MR) is 60.4 cm³/mol. The third-order valence-electron chi connectivity index (χ3n) is 2.87. The van der Waals surface area contributed by atoms with Gasteiger partial charge in [0.1, 0.15) is 0 Å². The van der Waals surface area contributed by atoms with Crippen LogP contribution in [0.5, 0.6) is 11.5 Å². The van der Waals surface area contributed by atoms with Crippen LogP contribution in [0, 0.1) is 5.92 Å². The van der Waals surface area contributed by atoms with Gasteiger partial charge >= 0.3 is 6.29 Å². The molecule has 0 amide bonds. The minimum atomic E-state index is -3.68. The van der Waals surface area contributed by atoms with E-state index in [0.717, 1.165) is 0 Å². The normalized spacial score (nSPS) is 19.9. The summed E-state index contributed by atoms with van der Waals surface area (Å²) in [6, 6.07) is 3.64. The van der Waals surface area contributed by atoms with E-state index in [2.05, 4.69) is 9.47 Å². The molecule has 2 rings (SSSR count). The molecule has 2 atom stereocenters. The summed E-state index contributed by atoms with van der Waals surface area (Å²) in [6.45, 7) is 3.58. The van der Waals surface area contributed by atoms with Crippen LogP contribution in [0.25, 0.3) is 0 Å². The van der Waals surface area contributed by atoms with Gasteiger partial charge in [-0.15, -0.1) is 8.78 Å². The van der Waals surface area contributed by atoms with Crippen molar-refractivity contribution in [3.8, 4) is 11.5 Å². The van der Waals surface area contributed by atoms with Crippen molar-refractivity contribution in [1.29, 1.82) is 0 Å². The molecule has 1 aliphatic heterocycles. The Hall–Kier alpha value is -1.40. The fourth-order valence-electron chi connectivity index (χ4n) is 1.85. The topological polar surface area (TPSA) is 64.7 Å². The number of alkyl halides is 2. The number of benzene rings is 1. The summed E-state index contributed by atoms with van der Waals surface area (Å²) in [5, 5.41) is 9.90. The third kappa shape index (κ3) is 2.26. The first-order valence-electron chi connectivity index (χ1n) is 5.64. The first-order chi connectivity index (χ1) is 8.32. The molecule has 100 valence electrons. The number of para-hydroxylation sites is 1. The molecule has 6 heteroatoms. The smallest absolute Gasteiger partial charge is 0.395 e. The summed E-state index contributed by atoms with van der Waals surface area (Å²) < 4.78 is 34.7. The van der Waals surface area contributed by atoms with Crippen LogP contribution in [-0.4, -0.2) is 17.5 Å². The number of fused-ring (bicyclic) bond motifs is 1. The highest BCUT2D eigenvalue weighted by atomic mass is 19.3. The summed E-state index contributed by atoms with van der Waals surface area (Å²) in [6.07, 6.45) is -4.53. The molecule has 0 saturated heterocycles. The van der Waals surface area contributed by atoms with Crippen LogP contribution in [0.15, 0.2) is 18.2 Å². The summed E-state index contributed by atoms with van der Waals surface area (Å²) in [4.78, 5) is 0. The lowest BCUT2D eigenvalue weighted by molar-refractivity contribution is -0.287. The second kappa shape index (κ2) is 4.37. The van der Waals surface area contributed by atoms with Gasteiger partial charge < -0.3 is 20.3 Å². The van der Waals surface area contributed by atoms with Crippen molar-refractivity contribution < 1.29 is 23.4 Å². The number of hydrogen-bond acceptors (Lipinski definition) is 4. The van der Waals surface area contributed by atoms with Crippen molar-refractivity contribution in [3.05, 3.63) is 23.8 Å². The molecule has 4 nitrogen and oxygen atoms in total. The van der Waals surface area contributed by atoms with Gasteiger partial charge in [-0.05, 0) is 12.0 Å². The Morgan fingerprint density at radius 1 is 1.28 bits per heavy atom. The fourth-order valence-corrected chi connectivity index (χ4v) is 1.85. The zero-order chi connectivity index (χ0) is 13.5. The summed E-state index contributed by atoms with van der Waals surface area (Å²) in [7, 11) is 0. The molecule has 0 aliphatic carbocycles. The third-order valence-corrected chi connectivity index (χ3v) is 2.87. The average Bonchev–Trinajstić information content (AvgIpc) is 2.60. The molecular formula is C12H15F2NO3. The Balaban J connectivity index is 2.35. The van der Waals surface area contributed by atoms with Gasteiger partial charge in [-0.1, -0.05) is 26.0 Å². The van der Waals surface area contributed by atoms with Crippen molar-refractivity contribution in [3.63, 3.8) is 0 Å². The van der Waals surface area contributed by atoms with Crippen LogP contribution < -0.4 is 15.2 Å². The molecule has 0 fully saturated rings. The number of aliphatic hydroxyl groups is 1. The molecule has 0 unspecified atom stereocenters. The number of ether oxygens (including phenoxy) is 2. The minimum Gasteiger partial charge on any atom is -0.395 e. The highest BCUT2D eigenvalue weighted by molar-refractivity contribution is 5.50. The fraction of sp³-hybridized carbons (Fsp3) is 0.500. The van der Waals surface area contributed by atoms with E-state index in [4.69, 9.17) is 5.73 Å². The van der Waals surface area contributed by atoms with E-state index < -0.39 is 18.4 Å². The van der Waals surface area contributed by atoms with Crippen molar-refractivity contribution in [1.82, 2.24) is 0 Å². The van der Waals surface area contributed by atoms with Crippen LogP contribution in [0.3, 0.4) is 0 Å². The van der Waals surface area contributed by atoms with Crippen LogP contribution in [0.2, 0.25) is 0 Å². The van der Waals surface area contributed by atoms with Gasteiger partial charge in [0.25, 0.3) is 0 Å². The average molecular weight is 259 g/mol. The van der Waals surface area contributed by atoms with Crippen molar-refractivity contribution in [2.45, 2.75) is 32.3 Å². The Morgan fingerprint density at radius 3 is 2.56 bits per heavy atom. The first-order valence-corrected chi connectivity index (χ1v) is 5.64. The standard InChI is InChI=1S/C12H15F2NO3/c1-6(2)10(16)9(15)7-4-3-5-8-11(7)18-12(13,14)17-8/h3-6,9-10,16H,15H2,1-2H3/t9-,10+/m1/s1. The molecule has 0 spiro atoms. The lowest BCUT2D eigenvalue weighted by Crippen LogP contribution is -2.31. The molecule has 0 aromatic heterocycles. The summed E-state index contributed by atoms with van der Waals surface area (Å²) >= 11 is 0. The molecule has 0 saturated carbocycles. The summed E-state index contributed by atoms with van der Waals surface area (Å²) in [5.41, 5.74) is 6.18. The molecule has 1 aromatic carbocycles. The quantitative estimate of drug-likeness (QED) is 0.871. The molecule has 1 heterocycles. The number of hydrogen-bond donors (Lipinski definition) is 2. The molecule has 0 radical (unpaired) electrons. The number of aliphatic hydroxyl groups excluding tert-OH is 1. The van der Waals surface area contributed by atoms with Crippen molar-refractivity contribution in [2.24, 2.45) is 11.7 Å². The van der Waals surface area contributed by atoms with Crippen molar-refractivity contribution >= 4 is 0 Å². The van der Waals surface area contributed by atoms with Gasteiger partial charge in [-0.3, -0.25) is 0 Å². The van der Waals surface area contributed by atoms with E-state index in [1.54, 1.807) is 19.9 Å². The van der Waals surface area contributed by atoms with E-state index >= 15 is 0 Å². The van der Waals surface area contributed by atoms with Gasteiger partial charge in [0, 0.05) is 5.56 Å². The molecule has 3 N–H and O–H groups in total. The highest BCUT2D eigenvalue weighted by Crippen LogP contribution is 2.45. The minimum absolute atomic E-state index is 0.0658. The van der Waals surface area contributed by atoms with Gasteiger partial charge in [0.05, 0.1) is 12.1 Å². The molecule has 1 aromatic rings. The van der Waals surface area contributed by atoms with Gasteiger partial charge in [0.15, 0.2) is 11.5 Å². The monoisotopic (exact) mass is 259 g/mol. The van der Waals surface area contributed by atoms with Gasteiger partial charge in [-0.2, -0.15) is 0 Å². The summed E-state index contributed by atoms with van der Waals surface area (Å²) in [5.74, 6) is -0.266. The predicted octanol–water partition coefficient (Wildman–Crippen LogP) is 2.02. The van der Waals surface area contributed by atoms with E-state index in [-0.39, 0.29) is 17.4 Å². The lowest BCUT2D eigenvalue weighted by Gasteiger charge is -2.23. The second-order valence-corrected chi connectivity index (χ2v) is 4.60. The zero-order valence-electron chi connectivity index (χ0n) is 10.1. The molecule has 0 bridgehead atoms. The van der Waals surface area contributed by atoms with Crippen LogP contribution in [-0.2, 0) is 0 Å². The maximum Gasteiger partial charge on any atom is 0.586 e. The number of nitrogens with two attached hydrogens (primary N) is 1. The Morgan fingerprint density at radius 2 is 1.94 bits per heavy atom. The Labute approximate surface area is 103 Å². The maximum absolute atomic E-state index is 13.0. The van der Waals surface area contributed by atoms with E-state index in [1.807, 2.05) is 0 Å². The molecule has 18 heavy (non-hydrogen) atoms. The first kappa shape index (κ1) is 13.0. The zero-order valence-corrected chi connectivity index (χ0v) is 10.1. The number of halogens is 2. The highest BCUT2D eigenvalue weighted by Gasteiger charge is 2.45. The Bertz CT molecular complexity index is 451. The van der Waals surface area contributed by atoms with E-state index in [1.165, 1.54) is 12.1 Å². The molecular weight excluding hydrogens is 244 g/mol. The van der Waals surface area contributed by atoms with Gasteiger partial charge in [-0.25, -0.2) is 0 Å². The van der Waals surface area contributed by atoms with Crippen LogP contribution in [0.1, 0.15) is 25.5 Å². The number of rotatable bonds is 3. The Kier molecular flexibility index (Phi) is 3.16.